The van der Waals surface area contributed by atoms with Gasteiger partial charge in [0.05, 0.1) is 19.0 Å². The van der Waals surface area contributed by atoms with E-state index in [1.807, 2.05) is 0 Å². The van der Waals surface area contributed by atoms with Gasteiger partial charge in [0.2, 0.25) is 0 Å². The molecule has 1 aliphatic heterocycles. The van der Waals surface area contributed by atoms with Crippen LogP contribution in [0.1, 0.15) is 194 Å². The molecule has 1 radical (unpaired) electrons. The largest absolute Gasteiger partial charge is 0.359 e. The monoisotopic (exact) mass is 536 g/mol. The molecule has 0 amide bonds. The van der Waals surface area contributed by atoms with Crippen LogP contribution in [0.25, 0.3) is 0 Å². The minimum Gasteiger partial charge on any atom is -0.359 e. The Kier molecular flexibility index (Phi) is 32.2. The van der Waals surface area contributed by atoms with Crippen molar-refractivity contribution in [2.75, 3.05) is 26.2 Å². The fraction of sp³-hybridized carbons (Fsp3) is 0.971. The van der Waals surface area contributed by atoms with Crippen LogP contribution < -0.4 is 0 Å². The molecule has 0 N–H and O–H groups in total. The predicted octanol–water partition coefficient (Wildman–Crippen LogP) is 11.7. The number of hydrogen-bond donors (Lipinski definition) is 0. The Morgan fingerprint density at radius 2 is 0.842 bits per heavy atom. The molecule has 0 bridgehead atoms. The van der Waals surface area contributed by atoms with Crippen molar-refractivity contribution in [2.24, 2.45) is 4.99 Å². The van der Waals surface area contributed by atoms with E-state index in [1.165, 1.54) is 166 Å². The number of rotatable bonds is 28. The van der Waals surface area contributed by atoms with Gasteiger partial charge < -0.3 is 4.90 Å². The quantitative estimate of drug-likeness (QED) is 0.0917. The SMILES string of the molecule is CCCCCCCCCCCCCCC1=NCCN1CC.CCCCCCCCCCCCCCCC[O]. The van der Waals surface area contributed by atoms with Gasteiger partial charge in [-0.15, -0.1) is 0 Å². The molecule has 1 aliphatic rings. The Morgan fingerprint density at radius 1 is 0.500 bits per heavy atom. The van der Waals surface area contributed by atoms with Crippen LogP contribution >= 0.6 is 0 Å². The van der Waals surface area contributed by atoms with Crippen LogP contribution in [0.15, 0.2) is 4.99 Å². The molecule has 0 aromatic rings. The van der Waals surface area contributed by atoms with E-state index in [-0.39, 0.29) is 6.61 Å². The lowest BCUT2D eigenvalue weighted by molar-refractivity contribution is 0.186. The fourth-order valence-corrected chi connectivity index (χ4v) is 5.53. The normalized spacial score (nSPS) is 13.1. The highest BCUT2D eigenvalue weighted by Gasteiger charge is 2.13. The molecule has 0 aromatic carbocycles. The molecular formula is C35H71N2O. The van der Waals surface area contributed by atoms with E-state index in [4.69, 9.17) is 0 Å². The Balaban J connectivity index is 0.000000739. The minimum atomic E-state index is 0.123. The summed E-state index contributed by atoms with van der Waals surface area (Å²) >= 11 is 0. The van der Waals surface area contributed by atoms with E-state index in [0.29, 0.717) is 0 Å². The molecule has 0 saturated carbocycles. The van der Waals surface area contributed by atoms with Crippen molar-refractivity contribution in [1.29, 1.82) is 0 Å². The van der Waals surface area contributed by atoms with Crippen LogP contribution in [0.5, 0.6) is 0 Å². The summed E-state index contributed by atoms with van der Waals surface area (Å²) in [6.07, 6.45) is 37.2. The van der Waals surface area contributed by atoms with Crippen molar-refractivity contribution in [3.63, 3.8) is 0 Å². The molecule has 0 fully saturated rings. The van der Waals surface area contributed by atoms with Gasteiger partial charge in [-0.05, 0) is 19.8 Å². The first-order valence-electron chi connectivity index (χ1n) is 17.7. The number of likely N-dealkylation sites (N-methyl/N-ethyl adjacent to an activating group) is 1. The minimum absolute atomic E-state index is 0.123. The molecule has 0 aliphatic carbocycles. The smallest absolute Gasteiger partial charge is 0.0990 e. The highest BCUT2D eigenvalue weighted by molar-refractivity contribution is 5.83. The molecule has 3 heteroatoms. The highest BCUT2D eigenvalue weighted by Crippen LogP contribution is 2.15. The maximum absolute atomic E-state index is 10.2. The summed E-state index contributed by atoms with van der Waals surface area (Å²) < 4.78 is 0. The average Bonchev–Trinajstić information content (AvgIpc) is 3.40. The second kappa shape index (κ2) is 32.6. The van der Waals surface area contributed by atoms with Crippen molar-refractivity contribution < 1.29 is 5.11 Å². The topological polar surface area (TPSA) is 35.5 Å². The summed E-state index contributed by atoms with van der Waals surface area (Å²) in [4.78, 5) is 7.06. The van der Waals surface area contributed by atoms with Crippen molar-refractivity contribution >= 4 is 5.84 Å². The molecule has 0 saturated heterocycles. The molecular weight excluding hydrogens is 464 g/mol. The Morgan fingerprint density at radius 3 is 1.18 bits per heavy atom. The third kappa shape index (κ3) is 27.0. The number of aliphatic imine (C=N–C) groups is 1. The second-order valence-corrected chi connectivity index (χ2v) is 11.8. The van der Waals surface area contributed by atoms with E-state index in [0.717, 1.165) is 32.5 Å². The van der Waals surface area contributed by atoms with Gasteiger partial charge in [0, 0.05) is 19.5 Å². The van der Waals surface area contributed by atoms with Gasteiger partial charge in [0.1, 0.15) is 0 Å². The second-order valence-electron chi connectivity index (χ2n) is 11.8. The molecule has 227 valence electrons. The maximum atomic E-state index is 10.2. The molecule has 0 unspecified atom stereocenters. The van der Waals surface area contributed by atoms with Gasteiger partial charge in [-0.1, -0.05) is 168 Å². The van der Waals surface area contributed by atoms with Gasteiger partial charge in [0.15, 0.2) is 0 Å². The van der Waals surface area contributed by atoms with Crippen LogP contribution in [-0.2, 0) is 5.11 Å². The number of amidine groups is 1. The third-order valence-corrected chi connectivity index (χ3v) is 8.16. The third-order valence-electron chi connectivity index (χ3n) is 8.16. The first-order chi connectivity index (χ1) is 18.8. The van der Waals surface area contributed by atoms with Gasteiger partial charge >= 0.3 is 0 Å². The lowest BCUT2D eigenvalue weighted by Gasteiger charge is -2.17. The summed E-state index contributed by atoms with van der Waals surface area (Å²) in [5.41, 5.74) is 0. The summed E-state index contributed by atoms with van der Waals surface area (Å²) in [7, 11) is 0. The predicted molar refractivity (Wildman–Crippen MR) is 171 cm³/mol. The van der Waals surface area contributed by atoms with Crippen molar-refractivity contribution in [3.05, 3.63) is 0 Å². The zero-order chi connectivity index (χ0) is 27.8. The molecule has 1 rings (SSSR count). The number of nitrogens with zero attached hydrogens (tertiary/aromatic N) is 2. The zero-order valence-electron chi connectivity index (χ0n) is 26.7. The van der Waals surface area contributed by atoms with Crippen LogP contribution in [0.4, 0.5) is 0 Å². The van der Waals surface area contributed by atoms with Crippen LogP contribution in [-0.4, -0.2) is 37.0 Å². The van der Waals surface area contributed by atoms with Gasteiger partial charge in [-0.25, -0.2) is 5.11 Å². The van der Waals surface area contributed by atoms with Gasteiger partial charge in [-0.2, -0.15) is 0 Å². The van der Waals surface area contributed by atoms with Crippen molar-refractivity contribution in [3.8, 4) is 0 Å². The first kappa shape index (κ1) is 37.4. The number of hydrogen-bond acceptors (Lipinski definition) is 2. The van der Waals surface area contributed by atoms with Crippen molar-refractivity contribution in [1.82, 2.24) is 4.90 Å². The van der Waals surface area contributed by atoms with Crippen LogP contribution in [0.3, 0.4) is 0 Å². The summed E-state index contributed by atoms with van der Waals surface area (Å²) in [6, 6.07) is 0. The van der Waals surface area contributed by atoms with Crippen LogP contribution in [0, 0.1) is 0 Å². The Labute approximate surface area is 241 Å². The Hall–Kier alpha value is -0.570. The van der Waals surface area contributed by atoms with Gasteiger partial charge in [-0.3, -0.25) is 4.99 Å². The molecule has 0 atom stereocenters. The van der Waals surface area contributed by atoms with E-state index >= 15 is 0 Å². The standard InChI is InChI=1S/C19H38N2.C16H33O/c1-3-5-6-7-8-9-10-11-12-13-14-15-16-19-20-17-18-21(19)4-2;1-2-3-4-5-6-7-8-9-10-11-12-13-14-15-16-17/h3-18H2,1-2H3;2-16H2,1H3. The zero-order valence-corrected chi connectivity index (χ0v) is 26.7. The summed E-state index contributed by atoms with van der Waals surface area (Å²) in [6.45, 7) is 10.2. The van der Waals surface area contributed by atoms with Crippen molar-refractivity contribution in [2.45, 2.75) is 194 Å². The van der Waals surface area contributed by atoms with E-state index in [9.17, 15) is 5.11 Å². The summed E-state index contributed by atoms with van der Waals surface area (Å²) in [5.74, 6) is 1.38. The molecule has 3 nitrogen and oxygen atoms in total. The summed E-state index contributed by atoms with van der Waals surface area (Å²) in [5, 5.41) is 10.2. The molecule has 38 heavy (non-hydrogen) atoms. The van der Waals surface area contributed by atoms with Crippen LogP contribution in [0.2, 0.25) is 0 Å². The van der Waals surface area contributed by atoms with E-state index in [2.05, 4.69) is 30.7 Å². The fourth-order valence-electron chi connectivity index (χ4n) is 5.53. The lowest BCUT2D eigenvalue weighted by atomic mass is 10.0. The van der Waals surface area contributed by atoms with Gasteiger partial charge in [0.25, 0.3) is 0 Å². The lowest BCUT2D eigenvalue weighted by Crippen LogP contribution is -2.27. The molecule has 1 heterocycles. The maximum Gasteiger partial charge on any atom is 0.0990 e. The van der Waals surface area contributed by atoms with E-state index < -0.39 is 0 Å². The average molecular weight is 536 g/mol. The molecule has 0 spiro atoms. The number of unbranched alkanes of at least 4 members (excludes halogenated alkanes) is 24. The highest BCUT2D eigenvalue weighted by atomic mass is 16.2. The molecule has 0 aromatic heterocycles. The first-order valence-corrected chi connectivity index (χ1v) is 17.7. The van der Waals surface area contributed by atoms with E-state index in [1.54, 1.807) is 0 Å². The Bertz CT molecular complexity index is 451.